The fourth-order valence-corrected chi connectivity index (χ4v) is 7.33. The number of rotatable bonds is 4. The molecule has 0 aliphatic carbocycles. The summed E-state index contributed by atoms with van der Waals surface area (Å²) in [6.07, 6.45) is -1.55. The second-order valence-corrected chi connectivity index (χ2v) is 17.0. The van der Waals surface area contributed by atoms with Gasteiger partial charge in [0.05, 0.1) is 5.32 Å². The molecule has 0 aliphatic heterocycles. The van der Waals surface area contributed by atoms with Crippen LogP contribution in [0.3, 0.4) is 0 Å². The smallest absolute Gasteiger partial charge is 0.284 e. The third kappa shape index (κ3) is 4.17. The van der Waals surface area contributed by atoms with Crippen LogP contribution in [-0.4, -0.2) is 16.3 Å². The predicted octanol–water partition coefficient (Wildman–Crippen LogP) is 5.97. The normalized spacial score (nSPS) is 12.2. The fourth-order valence-electron chi connectivity index (χ4n) is 2.15. The van der Waals surface area contributed by atoms with E-state index in [9.17, 15) is 8.78 Å². The first-order valence-electron chi connectivity index (χ1n) is 6.56. The minimum absolute atomic E-state index is 0.235. The molecule has 0 spiro atoms. The van der Waals surface area contributed by atoms with Crippen LogP contribution >= 0.6 is 11.6 Å². The van der Waals surface area contributed by atoms with Gasteiger partial charge in [-0.2, -0.15) is 8.78 Å². The maximum Gasteiger partial charge on any atom is 0.284 e. The number of anilines is 1. The molecule has 1 aromatic rings. The zero-order valence-corrected chi connectivity index (χ0v) is 15.6. The van der Waals surface area contributed by atoms with Crippen LogP contribution in [-0.2, 0) is 0 Å². The first kappa shape index (κ1) is 17.4. The highest BCUT2D eigenvalue weighted by molar-refractivity contribution is 6.89. The van der Waals surface area contributed by atoms with Crippen LogP contribution in [0.15, 0.2) is 35.7 Å². The Morgan fingerprint density at radius 2 is 1.40 bits per heavy atom. The second kappa shape index (κ2) is 5.99. The molecule has 0 atom stereocenters. The monoisotopic (exact) mass is 333 g/mol. The minimum Gasteiger partial charge on any atom is -0.372 e. The van der Waals surface area contributed by atoms with E-state index in [0.717, 1.165) is 5.69 Å². The molecule has 0 unspecified atom stereocenters. The van der Waals surface area contributed by atoms with Gasteiger partial charge in [-0.25, -0.2) is 0 Å². The SMILES string of the molecule is C[Si](C)(C)C(=C(F)F)N(c1ccc(Cl)cc1)[Si](C)(C)C. The van der Waals surface area contributed by atoms with E-state index < -0.39 is 22.4 Å². The number of hydrogen-bond acceptors (Lipinski definition) is 1. The van der Waals surface area contributed by atoms with E-state index in [1.54, 1.807) is 12.1 Å². The highest BCUT2D eigenvalue weighted by Crippen LogP contribution is 2.34. The van der Waals surface area contributed by atoms with Crippen molar-refractivity contribution in [3.8, 4) is 0 Å². The zero-order valence-electron chi connectivity index (χ0n) is 12.9. The summed E-state index contributed by atoms with van der Waals surface area (Å²) in [5.74, 6) is 0. The molecule has 0 aliphatic rings. The lowest BCUT2D eigenvalue weighted by Crippen LogP contribution is -2.51. The summed E-state index contributed by atoms with van der Waals surface area (Å²) in [5, 5.41) is 0.850. The van der Waals surface area contributed by atoms with Gasteiger partial charge in [0, 0.05) is 10.7 Å². The molecule has 112 valence electrons. The van der Waals surface area contributed by atoms with Gasteiger partial charge >= 0.3 is 0 Å². The van der Waals surface area contributed by atoms with Gasteiger partial charge in [0.15, 0.2) is 8.24 Å². The Kier molecular flexibility index (Phi) is 5.21. The summed E-state index contributed by atoms with van der Waals surface area (Å²) in [6, 6.07) is 7.15. The van der Waals surface area contributed by atoms with Crippen molar-refractivity contribution >= 4 is 33.6 Å². The standard InChI is InChI=1S/C14H22ClF2NSi2/c1-19(2,3)14(13(16)17)18(20(4,5)6)12-9-7-11(15)8-10-12/h7-10H,1-6H3. The Hall–Kier alpha value is -0.656. The molecule has 0 bridgehead atoms. The van der Waals surface area contributed by atoms with Gasteiger partial charge in [-0.15, -0.1) is 0 Å². The summed E-state index contributed by atoms with van der Waals surface area (Å²) >= 11 is 5.90. The Bertz CT molecular complexity index is 497. The first-order chi connectivity index (χ1) is 8.94. The minimum atomic E-state index is -2.16. The quantitative estimate of drug-likeness (QED) is 0.614. The van der Waals surface area contributed by atoms with Gasteiger partial charge in [-0.05, 0) is 24.3 Å². The van der Waals surface area contributed by atoms with Crippen molar-refractivity contribution in [1.82, 2.24) is 0 Å². The van der Waals surface area contributed by atoms with Crippen molar-refractivity contribution in [2.45, 2.75) is 39.3 Å². The third-order valence-electron chi connectivity index (χ3n) is 2.87. The molecule has 1 nitrogen and oxygen atoms in total. The molecule has 0 amide bonds. The molecule has 0 N–H and O–H groups in total. The molecule has 0 radical (unpaired) electrons. The summed E-state index contributed by atoms with van der Waals surface area (Å²) < 4.78 is 29.1. The van der Waals surface area contributed by atoms with Crippen molar-refractivity contribution in [3.05, 3.63) is 40.7 Å². The van der Waals surface area contributed by atoms with E-state index in [1.165, 1.54) is 0 Å². The van der Waals surface area contributed by atoms with Crippen LogP contribution in [0.4, 0.5) is 14.5 Å². The molecular formula is C14H22ClF2NSi2. The maximum atomic E-state index is 13.6. The predicted molar refractivity (Wildman–Crippen MR) is 89.9 cm³/mol. The average Bonchev–Trinajstić information content (AvgIpc) is 2.23. The summed E-state index contributed by atoms with van der Waals surface area (Å²) in [6.45, 7) is 12.1. The molecular weight excluding hydrogens is 312 g/mol. The molecule has 0 saturated heterocycles. The Labute approximate surface area is 127 Å². The van der Waals surface area contributed by atoms with Gasteiger partial charge in [0.25, 0.3) is 6.08 Å². The molecule has 1 aromatic carbocycles. The summed E-state index contributed by atoms with van der Waals surface area (Å²) in [5.41, 5.74) is 0.804. The molecule has 6 heteroatoms. The van der Waals surface area contributed by atoms with Crippen molar-refractivity contribution in [2.75, 3.05) is 4.57 Å². The van der Waals surface area contributed by atoms with Crippen LogP contribution in [0.1, 0.15) is 0 Å². The second-order valence-electron chi connectivity index (χ2n) is 6.84. The van der Waals surface area contributed by atoms with Crippen LogP contribution in [0.25, 0.3) is 0 Å². The van der Waals surface area contributed by atoms with Gasteiger partial charge < -0.3 is 4.57 Å². The topological polar surface area (TPSA) is 3.24 Å². The maximum absolute atomic E-state index is 13.6. The van der Waals surface area contributed by atoms with E-state index in [-0.39, 0.29) is 5.32 Å². The van der Waals surface area contributed by atoms with Gasteiger partial charge in [0.1, 0.15) is 8.07 Å². The van der Waals surface area contributed by atoms with Crippen molar-refractivity contribution < 1.29 is 8.78 Å². The lowest BCUT2D eigenvalue weighted by atomic mass is 10.3. The van der Waals surface area contributed by atoms with Crippen molar-refractivity contribution in [2.24, 2.45) is 0 Å². The van der Waals surface area contributed by atoms with Crippen LogP contribution in [0.5, 0.6) is 0 Å². The van der Waals surface area contributed by atoms with E-state index in [2.05, 4.69) is 19.6 Å². The Morgan fingerprint density at radius 1 is 0.950 bits per heavy atom. The third-order valence-corrected chi connectivity index (χ3v) is 7.00. The van der Waals surface area contributed by atoms with Crippen LogP contribution < -0.4 is 4.57 Å². The number of nitrogens with zero attached hydrogens (tertiary/aromatic N) is 1. The fraction of sp³-hybridized carbons (Fsp3) is 0.429. The van der Waals surface area contributed by atoms with Gasteiger partial charge in [-0.3, -0.25) is 0 Å². The highest BCUT2D eigenvalue weighted by Gasteiger charge is 2.37. The molecule has 0 fully saturated rings. The average molecular weight is 334 g/mol. The first-order valence-corrected chi connectivity index (χ1v) is 13.9. The van der Waals surface area contributed by atoms with Crippen LogP contribution in [0, 0.1) is 0 Å². The molecule has 0 heterocycles. The molecule has 0 saturated carbocycles. The van der Waals surface area contributed by atoms with Gasteiger partial charge in [-0.1, -0.05) is 50.9 Å². The lowest BCUT2D eigenvalue weighted by molar-refractivity contribution is 0.415. The number of benzene rings is 1. The van der Waals surface area contributed by atoms with E-state index in [1.807, 2.05) is 36.3 Å². The number of hydrogen-bond donors (Lipinski definition) is 0. The highest BCUT2D eigenvalue weighted by atomic mass is 35.5. The van der Waals surface area contributed by atoms with Gasteiger partial charge in [0.2, 0.25) is 0 Å². The van der Waals surface area contributed by atoms with E-state index >= 15 is 0 Å². The summed E-state index contributed by atoms with van der Waals surface area (Å²) in [4.78, 5) is 0. The van der Waals surface area contributed by atoms with Crippen molar-refractivity contribution in [3.63, 3.8) is 0 Å². The van der Waals surface area contributed by atoms with Crippen molar-refractivity contribution in [1.29, 1.82) is 0 Å². The zero-order chi connectivity index (χ0) is 15.7. The van der Waals surface area contributed by atoms with E-state index in [4.69, 9.17) is 11.6 Å². The summed E-state index contributed by atoms with van der Waals surface area (Å²) in [7, 11) is -4.16. The lowest BCUT2D eigenvalue weighted by Gasteiger charge is -2.42. The molecule has 1 rings (SSSR count). The van der Waals surface area contributed by atoms with E-state index in [0.29, 0.717) is 5.02 Å². The largest absolute Gasteiger partial charge is 0.372 e. The van der Waals surface area contributed by atoms with Crippen LogP contribution in [0.2, 0.25) is 44.3 Å². The molecule has 20 heavy (non-hydrogen) atoms. The number of halogens is 3. The molecule has 0 aromatic heterocycles. The Morgan fingerprint density at radius 3 is 1.70 bits per heavy atom. The Balaban J connectivity index is 3.49.